The van der Waals surface area contributed by atoms with Crippen LogP contribution < -0.4 is 0 Å². The summed E-state index contributed by atoms with van der Waals surface area (Å²) in [6.07, 6.45) is 5.43. The van der Waals surface area contributed by atoms with E-state index in [1.165, 1.54) is 24.2 Å². The average Bonchev–Trinajstić information content (AvgIpc) is 2.33. The molecule has 1 aliphatic carbocycles. The fourth-order valence-electron chi connectivity index (χ4n) is 1.36. The summed E-state index contributed by atoms with van der Waals surface area (Å²) in [5.74, 6) is 0. The fourth-order valence-corrected chi connectivity index (χ4v) is 2.11. The Bertz CT molecular complexity index is 231. The molecule has 54 valence electrons. The van der Waals surface area contributed by atoms with Crippen molar-refractivity contribution < 1.29 is 0 Å². The lowest BCUT2D eigenvalue weighted by molar-refractivity contribution is 0.702. The van der Waals surface area contributed by atoms with E-state index in [-0.39, 0.29) is 0 Å². The van der Waals surface area contributed by atoms with Crippen molar-refractivity contribution in [3.05, 3.63) is 17.7 Å². The topological polar surface area (TPSA) is 28.7 Å². The van der Waals surface area contributed by atoms with Gasteiger partial charge in [-0.1, -0.05) is 22.6 Å². The quantitative estimate of drug-likeness (QED) is 0.549. The Hall–Kier alpha value is -0.0600. The predicted octanol–water partition coefficient (Wildman–Crippen LogP) is 1.70. The van der Waals surface area contributed by atoms with Crippen LogP contribution in [0.5, 0.6) is 0 Å². The lowest BCUT2D eigenvalue weighted by Gasteiger charge is -2.14. The van der Waals surface area contributed by atoms with E-state index >= 15 is 0 Å². The first-order valence-electron chi connectivity index (χ1n) is 3.51. The molecular weight excluding hydrogens is 239 g/mol. The Morgan fingerprint density at radius 1 is 1.70 bits per heavy atom. The van der Waals surface area contributed by atoms with Gasteiger partial charge in [-0.3, -0.25) is 0 Å². The van der Waals surface area contributed by atoms with E-state index in [1.54, 1.807) is 6.33 Å². The van der Waals surface area contributed by atoms with Crippen molar-refractivity contribution in [1.29, 1.82) is 0 Å². The Kier molecular flexibility index (Phi) is 1.68. The van der Waals surface area contributed by atoms with Gasteiger partial charge < -0.3 is 4.98 Å². The van der Waals surface area contributed by atoms with Crippen molar-refractivity contribution in [3.63, 3.8) is 0 Å². The SMILES string of the molecule is IC1CCc2nc[nH]c2C1. The molecule has 2 rings (SSSR count). The number of aromatic amines is 1. The van der Waals surface area contributed by atoms with Crippen molar-refractivity contribution in [2.75, 3.05) is 0 Å². The molecule has 0 bridgehead atoms. The van der Waals surface area contributed by atoms with Crippen LogP contribution in [0.2, 0.25) is 0 Å². The molecule has 1 unspecified atom stereocenters. The summed E-state index contributed by atoms with van der Waals surface area (Å²) in [5.41, 5.74) is 2.64. The smallest absolute Gasteiger partial charge is 0.0925 e. The second-order valence-electron chi connectivity index (χ2n) is 2.67. The van der Waals surface area contributed by atoms with Crippen molar-refractivity contribution >= 4 is 22.6 Å². The zero-order chi connectivity index (χ0) is 6.97. The summed E-state index contributed by atoms with van der Waals surface area (Å²) in [7, 11) is 0. The minimum absolute atomic E-state index is 0.811. The Balaban J connectivity index is 2.30. The van der Waals surface area contributed by atoms with Gasteiger partial charge in [0.2, 0.25) is 0 Å². The van der Waals surface area contributed by atoms with Gasteiger partial charge >= 0.3 is 0 Å². The monoisotopic (exact) mass is 248 g/mol. The number of alkyl halides is 1. The number of hydrogen-bond acceptors (Lipinski definition) is 1. The Morgan fingerprint density at radius 3 is 3.50 bits per heavy atom. The van der Waals surface area contributed by atoms with Gasteiger partial charge in [-0.2, -0.15) is 0 Å². The van der Waals surface area contributed by atoms with Crippen LogP contribution in [0.15, 0.2) is 6.33 Å². The highest BCUT2D eigenvalue weighted by molar-refractivity contribution is 14.1. The second kappa shape index (κ2) is 2.53. The maximum absolute atomic E-state index is 4.23. The van der Waals surface area contributed by atoms with Crippen LogP contribution in [0.25, 0.3) is 0 Å². The van der Waals surface area contributed by atoms with Crippen molar-refractivity contribution in [2.24, 2.45) is 0 Å². The molecule has 3 heteroatoms. The van der Waals surface area contributed by atoms with Gasteiger partial charge in [-0.15, -0.1) is 0 Å². The number of H-pyrrole nitrogens is 1. The molecule has 0 aliphatic heterocycles. The summed E-state index contributed by atoms with van der Waals surface area (Å²) in [6, 6.07) is 0. The molecule has 0 spiro atoms. The number of fused-ring (bicyclic) bond motifs is 1. The third kappa shape index (κ3) is 1.07. The van der Waals surface area contributed by atoms with E-state index < -0.39 is 0 Å². The molecule has 1 heterocycles. The minimum atomic E-state index is 0.811. The number of aromatic nitrogens is 2. The van der Waals surface area contributed by atoms with Gasteiger partial charge in [-0.25, -0.2) is 4.98 Å². The normalized spacial score (nSPS) is 24.3. The van der Waals surface area contributed by atoms with Crippen LogP contribution in [0.4, 0.5) is 0 Å². The molecule has 0 aromatic carbocycles. The van der Waals surface area contributed by atoms with Crippen LogP contribution in [0.1, 0.15) is 17.8 Å². The van der Waals surface area contributed by atoms with Crippen molar-refractivity contribution in [2.45, 2.75) is 23.2 Å². The van der Waals surface area contributed by atoms with E-state index in [9.17, 15) is 0 Å². The van der Waals surface area contributed by atoms with Crippen LogP contribution in [0, 0.1) is 0 Å². The summed E-state index contributed by atoms with van der Waals surface area (Å²) >= 11 is 2.50. The highest BCUT2D eigenvalue weighted by Gasteiger charge is 2.17. The molecule has 0 fully saturated rings. The van der Waals surface area contributed by atoms with Gasteiger partial charge in [0.15, 0.2) is 0 Å². The average molecular weight is 248 g/mol. The second-order valence-corrected chi connectivity index (χ2v) is 4.43. The van der Waals surface area contributed by atoms with E-state index in [0.717, 1.165) is 10.3 Å². The van der Waals surface area contributed by atoms with Crippen LogP contribution in [-0.2, 0) is 12.8 Å². The molecule has 2 nitrogen and oxygen atoms in total. The van der Waals surface area contributed by atoms with E-state index in [1.807, 2.05) is 0 Å². The number of nitrogens with zero attached hydrogens (tertiary/aromatic N) is 1. The molecule has 1 atom stereocenters. The highest BCUT2D eigenvalue weighted by atomic mass is 127. The number of imidazole rings is 1. The van der Waals surface area contributed by atoms with E-state index in [4.69, 9.17) is 0 Å². The van der Waals surface area contributed by atoms with Gasteiger partial charge in [0, 0.05) is 16.0 Å². The standard InChI is InChI=1S/C7H9IN2/c8-5-1-2-6-7(3-5)10-4-9-6/h4-5H,1-3H2,(H,9,10). The van der Waals surface area contributed by atoms with Crippen LogP contribution in [-0.4, -0.2) is 13.9 Å². The Morgan fingerprint density at radius 2 is 2.60 bits per heavy atom. The zero-order valence-electron chi connectivity index (χ0n) is 5.60. The third-order valence-electron chi connectivity index (χ3n) is 1.93. The van der Waals surface area contributed by atoms with Crippen molar-refractivity contribution in [1.82, 2.24) is 9.97 Å². The molecule has 1 aromatic heterocycles. The highest BCUT2D eigenvalue weighted by Crippen LogP contribution is 2.22. The molecule has 1 N–H and O–H groups in total. The largest absolute Gasteiger partial charge is 0.348 e. The number of rotatable bonds is 0. The maximum atomic E-state index is 4.23. The molecule has 1 aliphatic rings. The predicted molar refractivity (Wildman–Crippen MR) is 48.4 cm³/mol. The maximum Gasteiger partial charge on any atom is 0.0925 e. The number of hydrogen-bond donors (Lipinski definition) is 1. The summed E-state index contributed by atoms with van der Waals surface area (Å²) in [4.78, 5) is 7.40. The van der Waals surface area contributed by atoms with Gasteiger partial charge in [0.05, 0.1) is 12.0 Å². The van der Waals surface area contributed by atoms with Crippen LogP contribution in [0.3, 0.4) is 0 Å². The minimum Gasteiger partial charge on any atom is -0.348 e. The number of aryl methyl sites for hydroxylation is 1. The first-order chi connectivity index (χ1) is 4.86. The molecule has 1 aromatic rings. The van der Waals surface area contributed by atoms with Gasteiger partial charge in [0.25, 0.3) is 0 Å². The summed E-state index contributed by atoms with van der Waals surface area (Å²) in [5, 5.41) is 0. The fraction of sp³-hybridized carbons (Fsp3) is 0.571. The van der Waals surface area contributed by atoms with Gasteiger partial charge in [-0.05, 0) is 12.8 Å². The molecule has 0 radical (unpaired) electrons. The zero-order valence-corrected chi connectivity index (χ0v) is 7.76. The lowest BCUT2D eigenvalue weighted by Crippen LogP contribution is -2.12. The summed E-state index contributed by atoms with van der Waals surface area (Å²) < 4.78 is 0.811. The first-order valence-corrected chi connectivity index (χ1v) is 4.76. The molecule has 0 saturated carbocycles. The number of halogens is 1. The van der Waals surface area contributed by atoms with Gasteiger partial charge in [0.1, 0.15) is 0 Å². The third-order valence-corrected chi connectivity index (χ3v) is 2.99. The summed E-state index contributed by atoms with van der Waals surface area (Å²) in [6.45, 7) is 0. The van der Waals surface area contributed by atoms with E-state index in [0.29, 0.717) is 0 Å². The van der Waals surface area contributed by atoms with Crippen molar-refractivity contribution in [3.8, 4) is 0 Å². The Labute approximate surface area is 73.6 Å². The lowest BCUT2D eigenvalue weighted by atomic mass is 10.0. The molecule has 0 amide bonds. The number of nitrogens with one attached hydrogen (secondary N) is 1. The van der Waals surface area contributed by atoms with Crippen LogP contribution >= 0.6 is 22.6 Å². The molecular formula is C7H9IN2. The molecule has 0 saturated heterocycles. The first kappa shape index (κ1) is 6.64. The van der Waals surface area contributed by atoms with E-state index in [2.05, 4.69) is 32.6 Å². The molecule has 10 heavy (non-hydrogen) atoms.